The van der Waals surface area contributed by atoms with Crippen LogP contribution >= 0.6 is 23.2 Å². The van der Waals surface area contributed by atoms with Crippen molar-refractivity contribution < 1.29 is 19.2 Å². The minimum absolute atomic E-state index is 0.142. The fourth-order valence-electron chi connectivity index (χ4n) is 4.10. The van der Waals surface area contributed by atoms with Crippen LogP contribution in [0.25, 0.3) is 22.4 Å². The predicted octanol–water partition coefficient (Wildman–Crippen LogP) is 7.40. The van der Waals surface area contributed by atoms with Crippen LogP contribution in [0.5, 0.6) is 5.75 Å². The molecular weight excluding hydrogens is 473 g/mol. The molecule has 5 nitrogen and oxygen atoms in total. The third-order valence-corrected chi connectivity index (χ3v) is 6.48. The number of aliphatic carboxylic acids is 1. The van der Waals surface area contributed by atoms with E-state index in [2.05, 4.69) is 5.16 Å². The largest absolute Gasteiger partial charge is 0.488 e. The van der Waals surface area contributed by atoms with Crippen molar-refractivity contribution in [2.24, 2.45) is 0 Å². The Bertz CT molecular complexity index is 1330. The second kappa shape index (κ2) is 9.53. The van der Waals surface area contributed by atoms with Crippen molar-refractivity contribution in [3.05, 3.63) is 93.7 Å². The number of aromatic nitrogens is 1. The fourth-order valence-corrected chi connectivity index (χ4v) is 4.67. The Hall–Kier alpha value is -3.28. The minimum Gasteiger partial charge on any atom is -0.488 e. The van der Waals surface area contributed by atoms with E-state index in [1.807, 2.05) is 42.5 Å². The summed E-state index contributed by atoms with van der Waals surface area (Å²) in [6, 6.07) is 20.6. The Labute approximate surface area is 206 Å². The van der Waals surface area contributed by atoms with E-state index in [9.17, 15) is 9.90 Å². The van der Waals surface area contributed by atoms with Crippen LogP contribution in [0, 0.1) is 0 Å². The van der Waals surface area contributed by atoms with E-state index in [1.165, 1.54) is 0 Å². The molecule has 172 valence electrons. The molecule has 0 aliphatic heterocycles. The van der Waals surface area contributed by atoms with Gasteiger partial charge in [-0.15, -0.1) is 0 Å². The van der Waals surface area contributed by atoms with Crippen molar-refractivity contribution in [3.8, 4) is 28.1 Å². The summed E-state index contributed by atoms with van der Waals surface area (Å²) in [7, 11) is 0. The molecule has 0 bridgehead atoms. The average molecular weight is 494 g/mol. The van der Waals surface area contributed by atoms with Gasteiger partial charge in [0, 0.05) is 22.6 Å². The Morgan fingerprint density at radius 2 is 1.71 bits per heavy atom. The molecular formula is C27H21Cl2NO4. The van der Waals surface area contributed by atoms with E-state index in [-0.39, 0.29) is 18.9 Å². The highest BCUT2D eigenvalue weighted by Gasteiger charge is 2.34. The standard InChI is InChI=1S/C27H21Cl2NO4/c28-21-10-5-11-22(29)24(21)25-20(27(34-30-25)17-12-13-17)15-33-26-18(14-23(31)32)8-4-9-19(26)16-6-2-1-3-7-16/h1-11,17H,12-15H2,(H,31,32). The van der Waals surface area contributed by atoms with Crippen molar-refractivity contribution in [1.29, 1.82) is 0 Å². The number of halogens is 2. The third-order valence-electron chi connectivity index (χ3n) is 5.85. The molecule has 7 heteroatoms. The second-order valence-corrected chi connectivity index (χ2v) is 9.08. The molecule has 34 heavy (non-hydrogen) atoms. The maximum atomic E-state index is 11.6. The molecule has 0 atom stereocenters. The quantitative estimate of drug-likeness (QED) is 0.276. The molecule has 1 saturated carbocycles. The number of ether oxygens (including phenoxy) is 1. The molecule has 1 aliphatic carbocycles. The first-order valence-electron chi connectivity index (χ1n) is 11.0. The van der Waals surface area contributed by atoms with Crippen LogP contribution in [0.3, 0.4) is 0 Å². The number of carboxylic acid groups (broad SMARTS) is 1. The highest BCUT2D eigenvalue weighted by Crippen LogP contribution is 2.46. The Morgan fingerprint density at radius 1 is 1.00 bits per heavy atom. The predicted molar refractivity (Wildman–Crippen MR) is 131 cm³/mol. The zero-order chi connectivity index (χ0) is 23.7. The number of nitrogens with zero attached hydrogens (tertiary/aromatic N) is 1. The summed E-state index contributed by atoms with van der Waals surface area (Å²) in [5.74, 6) is 0.643. The normalized spacial score (nSPS) is 13.1. The summed E-state index contributed by atoms with van der Waals surface area (Å²) in [5.41, 5.74) is 4.28. The van der Waals surface area contributed by atoms with Crippen molar-refractivity contribution in [1.82, 2.24) is 5.16 Å². The number of rotatable bonds is 8. The van der Waals surface area contributed by atoms with E-state index in [4.69, 9.17) is 32.5 Å². The van der Waals surface area contributed by atoms with Gasteiger partial charge in [-0.25, -0.2) is 0 Å². The van der Waals surface area contributed by atoms with Crippen molar-refractivity contribution in [3.63, 3.8) is 0 Å². The first-order chi connectivity index (χ1) is 16.5. The summed E-state index contributed by atoms with van der Waals surface area (Å²) in [6.45, 7) is 0.142. The maximum Gasteiger partial charge on any atom is 0.307 e. The number of para-hydroxylation sites is 1. The smallest absolute Gasteiger partial charge is 0.307 e. The molecule has 3 aromatic carbocycles. The molecule has 0 unspecified atom stereocenters. The SMILES string of the molecule is O=C(O)Cc1cccc(-c2ccccc2)c1OCc1c(-c2c(Cl)cccc2Cl)noc1C1CC1. The zero-order valence-corrected chi connectivity index (χ0v) is 19.6. The number of benzene rings is 3. The van der Waals surface area contributed by atoms with Gasteiger partial charge >= 0.3 is 5.97 Å². The molecule has 5 rings (SSSR count). The van der Waals surface area contributed by atoms with Gasteiger partial charge in [-0.3, -0.25) is 4.79 Å². The molecule has 1 aromatic heterocycles. The monoisotopic (exact) mass is 493 g/mol. The molecule has 0 spiro atoms. The van der Waals surface area contributed by atoms with Crippen molar-refractivity contribution >= 4 is 29.2 Å². The molecule has 0 saturated heterocycles. The van der Waals surface area contributed by atoms with Gasteiger partial charge in [0.25, 0.3) is 0 Å². The highest BCUT2D eigenvalue weighted by atomic mass is 35.5. The molecule has 0 radical (unpaired) electrons. The Balaban J connectivity index is 1.57. The maximum absolute atomic E-state index is 11.6. The number of carboxylic acids is 1. The summed E-state index contributed by atoms with van der Waals surface area (Å²) >= 11 is 12.9. The second-order valence-electron chi connectivity index (χ2n) is 8.26. The number of carbonyl (C=O) groups is 1. The summed E-state index contributed by atoms with van der Waals surface area (Å²) < 4.78 is 12.1. The molecule has 0 amide bonds. The lowest BCUT2D eigenvalue weighted by Gasteiger charge is -2.16. The minimum atomic E-state index is -0.928. The van der Waals surface area contributed by atoms with E-state index in [0.717, 1.165) is 35.3 Å². The van der Waals surface area contributed by atoms with Crippen molar-refractivity contribution in [2.75, 3.05) is 0 Å². The van der Waals surface area contributed by atoms with Crippen molar-refractivity contribution in [2.45, 2.75) is 31.8 Å². The lowest BCUT2D eigenvalue weighted by atomic mass is 9.99. The average Bonchev–Trinajstić information content (AvgIpc) is 3.59. The van der Waals surface area contributed by atoms with Gasteiger partial charge in [0.1, 0.15) is 23.8 Å². The number of hydrogen-bond donors (Lipinski definition) is 1. The topological polar surface area (TPSA) is 72.6 Å². The van der Waals surface area contributed by atoms with E-state index >= 15 is 0 Å². The summed E-state index contributed by atoms with van der Waals surface area (Å²) in [4.78, 5) is 11.6. The molecule has 4 aromatic rings. The van der Waals surface area contributed by atoms with Crippen LogP contribution in [0.15, 0.2) is 71.3 Å². The van der Waals surface area contributed by atoms with Gasteiger partial charge < -0.3 is 14.4 Å². The zero-order valence-electron chi connectivity index (χ0n) is 18.1. The fraction of sp³-hybridized carbons (Fsp3) is 0.185. The van der Waals surface area contributed by atoms with E-state index < -0.39 is 5.97 Å². The van der Waals surface area contributed by atoms with Gasteiger partial charge in [0.2, 0.25) is 0 Å². The van der Waals surface area contributed by atoms with Crippen LogP contribution in [0.1, 0.15) is 35.6 Å². The highest BCUT2D eigenvalue weighted by molar-refractivity contribution is 6.39. The Morgan fingerprint density at radius 3 is 2.38 bits per heavy atom. The Kier molecular flexibility index (Phi) is 6.31. The van der Waals surface area contributed by atoms with Gasteiger partial charge in [0.05, 0.1) is 22.0 Å². The number of hydrogen-bond acceptors (Lipinski definition) is 4. The van der Waals surface area contributed by atoms with Gasteiger partial charge in [-0.05, 0) is 30.5 Å². The van der Waals surface area contributed by atoms with Crippen LogP contribution in [-0.2, 0) is 17.8 Å². The van der Waals surface area contributed by atoms with Gasteiger partial charge in [-0.1, -0.05) is 83.0 Å². The third kappa shape index (κ3) is 4.54. The lowest BCUT2D eigenvalue weighted by molar-refractivity contribution is -0.136. The van der Waals surface area contributed by atoms with Crippen LogP contribution in [0.4, 0.5) is 0 Å². The molecule has 1 aliphatic rings. The lowest BCUT2D eigenvalue weighted by Crippen LogP contribution is -2.06. The van der Waals surface area contributed by atoms with Crippen LogP contribution in [-0.4, -0.2) is 16.2 Å². The molecule has 1 N–H and O–H groups in total. The molecule has 1 fully saturated rings. The van der Waals surface area contributed by atoms with E-state index in [1.54, 1.807) is 24.3 Å². The summed E-state index contributed by atoms with van der Waals surface area (Å²) in [6.07, 6.45) is 1.88. The van der Waals surface area contributed by atoms with Gasteiger partial charge in [0.15, 0.2) is 0 Å². The first-order valence-corrected chi connectivity index (χ1v) is 11.7. The van der Waals surface area contributed by atoms with Crippen LogP contribution in [0.2, 0.25) is 10.0 Å². The van der Waals surface area contributed by atoms with E-state index in [0.29, 0.717) is 32.6 Å². The van der Waals surface area contributed by atoms with Gasteiger partial charge in [-0.2, -0.15) is 0 Å². The molecule has 1 heterocycles. The van der Waals surface area contributed by atoms with Crippen LogP contribution < -0.4 is 4.74 Å². The summed E-state index contributed by atoms with van der Waals surface area (Å²) in [5, 5.41) is 14.7. The first kappa shape index (κ1) is 22.5.